The number of hydrogen-bond donors (Lipinski definition) is 1. The number of fused-ring (bicyclic) bond motifs is 7. The Morgan fingerprint density at radius 2 is 1.60 bits per heavy atom. The molecule has 7 nitrogen and oxygen atoms in total. The summed E-state index contributed by atoms with van der Waals surface area (Å²) >= 11 is 0. The van der Waals surface area contributed by atoms with Crippen molar-refractivity contribution in [2.75, 3.05) is 12.1 Å². The van der Waals surface area contributed by atoms with Crippen molar-refractivity contribution in [2.45, 2.75) is 17.5 Å². The quantitative estimate of drug-likeness (QED) is 0.332. The lowest BCUT2D eigenvalue weighted by molar-refractivity contribution is -0.122. The number of ketones is 2. The largest absolute Gasteiger partial charge is 0.454 e. The minimum absolute atomic E-state index is 0.0515. The molecule has 0 bridgehead atoms. The number of ether oxygens (including phenoxy) is 2. The van der Waals surface area contributed by atoms with E-state index in [9.17, 15) is 18.8 Å². The Kier molecular flexibility index (Phi) is 5.19. The van der Waals surface area contributed by atoms with Crippen molar-refractivity contribution in [2.24, 2.45) is 5.92 Å². The van der Waals surface area contributed by atoms with Gasteiger partial charge in [-0.3, -0.25) is 14.4 Å². The molecular weight excluding hydrogens is 535 g/mol. The Hall–Kier alpha value is -5.24. The fraction of sp³-hybridized carbons (Fsp3) is 0.147. The lowest BCUT2D eigenvalue weighted by atomic mass is 9.62. The molecule has 42 heavy (non-hydrogen) atoms. The Morgan fingerprint density at radius 3 is 2.45 bits per heavy atom. The zero-order valence-corrected chi connectivity index (χ0v) is 22.1. The maximum absolute atomic E-state index is 14.7. The Morgan fingerprint density at radius 1 is 0.857 bits per heavy atom. The molecule has 4 aromatic rings. The van der Waals surface area contributed by atoms with E-state index >= 15 is 0 Å². The van der Waals surface area contributed by atoms with E-state index in [1.165, 1.54) is 24.3 Å². The van der Waals surface area contributed by atoms with Gasteiger partial charge in [0.1, 0.15) is 17.3 Å². The molecule has 4 heterocycles. The van der Waals surface area contributed by atoms with Crippen molar-refractivity contribution in [3.63, 3.8) is 0 Å². The Bertz CT molecular complexity index is 1850. The first-order chi connectivity index (χ1) is 20.5. The van der Waals surface area contributed by atoms with Gasteiger partial charge < -0.3 is 19.7 Å². The zero-order chi connectivity index (χ0) is 28.6. The van der Waals surface area contributed by atoms with Gasteiger partial charge in [0.15, 0.2) is 23.1 Å². The molecule has 4 atom stereocenters. The lowest BCUT2D eigenvalue weighted by Gasteiger charge is -2.38. The average Bonchev–Trinajstić information content (AvgIpc) is 3.70. The van der Waals surface area contributed by atoms with Crippen LogP contribution in [0.5, 0.6) is 11.5 Å². The highest BCUT2D eigenvalue weighted by atomic mass is 19.1. The van der Waals surface area contributed by atoms with Crippen LogP contribution in [0.3, 0.4) is 0 Å². The van der Waals surface area contributed by atoms with Crippen molar-refractivity contribution in [3.8, 4) is 11.5 Å². The molecule has 206 valence electrons. The van der Waals surface area contributed by atoms with Crippen molar-refractivity contribution >= 4 is 29.2 Å². The van der Waals surface area contributed by atoms with E-state index in [4.69, 9.17) is 9.47 Å². The number of anilines is 1. The summed E-state index contributed by atoms with van der Waals surface area (Å²) in [5, 5.41) is 3.02. The van der Waals surface area contributed by atoms with Gasteiger partial charge in [0.2, 0.25) is 12.7 Å². The molecule has 4 aliphatic rings. The van der Waals surface area contributed by atoms with E-state index < -0.39 is 35.0 Å². The summed E-state index contributed by atoms with van der Waals surface area (Å²) in [7, 11) is 0. The molecule has 0 saturated carbocycles. The van der Waals surface area contributed by atoms with Crippen molar-refractivity contribution in [3.05, 3.63) is 131 Å². The van der Waals surface area contributed by atoms with E-state index in [0.717, 1.165) is 11.1 Å². The highest BCUT2D eigenvalue weighted by Crippen LogP contribution is 2.62. The standard InChI is InChI=1S/C34H23FN2O5/c35-22-12-9-20(10-13-22)30(38)28-29(31(39)21-11-14-26-27(17-21)42-18-41-26)37-16-15-19-5-1-2-6-23(19)32(37)34(28)24-7-3-4-8-25(24)36-33(34)40/h1-17,28-29,32H,18H2,(H,36,40)/t28-,29+,32-,34+/m1/s1. The molecule has 8 rings (SSSR count). The topological polar surface area (TPSA) is 84.9 Å². The highest BCUT2D eigenvalue weighted by Gasteiger charge is 2.70. The van der Waals surface area contributed by atoms with Gasteiger partial charge in [-0.1, -0.05) is 42.5 Å². The van der Waals surface area contributed by atoms with Crippen LogP contribution in [0.15, 0.2) is 97.2 Å². The van der Waals surface area contributed by atoms with E-state index in [0.29, 0.717) is 28.3 Å². The molecule has 1 spiro atoms. The number of halogens is 1. The first kappa shape index (κ1) is 24.5. The SMILES string of the molecule is O=C(c1ccc2c(c1)OCO2)[C@@H]1[C@H](C(=O)c2ccc(F)cc2)[C@]2(C(=O)Nc3ccccc32)[C@H]2c3ccccc3C=CN12. The molecule has 1 N–H and O–H groups in total. The summed E-state index contributed by atoms with van der Waals surface area (Å²) in [6, 6.07) is 23.5. The maximum Gasteiger partial charge on any atom is 0.238 e. The van der Waals surface area contributed by atoms with Gasteiger partial charge in [-0.25, -0.2) is 4.39 Å². The normalized spacial score (nSPS) is 24.3. The van der Waals surface area contributed by atoms with Crippen LogP contribution in [0.1, 0.15) is 43.4 Å². The number of nitrogens with zero attached hydrogens (tertiary/aromatic N) is 1. The summed E-state index contributed by atoms with van der Waals surface area (Å²) in [6.07, 6.45) is 3.72. The number of hydrogen-bond acceptors (Lipinski definition) is 6. The first-order valence-corrected chi connectivity index (χ1v) is 13.7. The van der Waals surface area contributed by atoms with Gasteiger partial charge >= 0.3 is 0 Å². The van der Waals surface area contributed by atoms with Crippen molar-refractivity contribution in [1.82, 2.24) is 4.90 Å². The third-order valence-electron chi connectivity index (χ3n) is 8.91. The Balaban J connectivity index is 1.40. The predicted octanol–water partition coefficient (Wildman–Crippen LogP) is 5.54. The number of rotatable bonds is 4. The summed E-state index contributed by atoms with van der Waals surface area (Å²) < 4.78 is 24.9. The number of carbonyl (C=O) groups is 3. The molecule has 1 fully saturated rings. The van der Waals surface area contributed by atoms with Crippen molar-refractivity contribution < 1.29 is 28.2 Å². The number of nitrogens with one attached hydrogen (secondary N) is 1. The first-order valence-electron chi connectivity index (χ1n) is 13.7. The zero-order valence-electron chi connectivity index (χ0n) is 22.1. The van der Waals surface area contributed by atoms with Gasteiger partial charge in [0.05, 0.1) is 12.0 Å². The van der Waals surface area contributed by atoms with E-state index in [1.807, 2.05) is 65.7 Å². The van der Waals surface area contributed by atoms with Crippen LogP contribution < -0.4 is 14.8 Å². The van der Waals surface area contributed by atoms with Crippen LogP contribution in [-0.4, -0.2) is 35.2 Å². The molecule has 4 aliphatic heterocycles. The summed E-state index contributed by atoms with van der Waals surface area (Å²) in [5.41, 5.74) is 2.08. The summed E-state index contributed by atoms with van der Waals surface area (Å²) in [6.45, 7) is 0.0515. The smallest absolute Gasteiger partial charge is 0.238 e. The fourth-order valence-corrected chi connectivity index (χ4v) is 7.18. The van der Waals surface area contributed by atoms with Gasteiger partial charge in [-0.05, 0) is 71.3 Å². The number of benzene rings is 4. The third kappa shape index (κ3) is 3.23. The van der Waals surface area contributed by atoms with Crippen LogP contribution in [0, 0.1) is 11.7 Å². The second-order valence-corrected chi connectivity index (χ2v) is 10.9. The summed E-state index contributed by atoms with van der Waals surface area (Å²) in [5.74, 6) is -1.77. The number of para-hydroxylation sites is 1. The highest BCUT2D eigenvalue weighted by molar-refractivity contribution is 6.16. The molecular formula is C34H23FN2O5. The van der Waals surface area contributed by atoms with Crippen LogP contribution in [-0.2, 0) is 10.2 Å². The van der Waals surface area contributed by atoms with E-state index in [2.05, 4.69) is 5.32 Å². The monoisotopic (exact) mass is 558 g/mol. The second-order valence-electron chi connectivity index (χ2n) is 10.9. The third-order valence-corrected chi connectivity index (χ3v) is 8.91. The van der Waals surface area contributed by atoms with Gasteiger partial charge in [-0.15, -0.1) is 0 Å². The van der Waals surface area contributed by atoms with Gasteiger partial charge in [-0.2, -0.15) is 0 Å². The minimum atomic E-state index is -1.46. The second kappa shape index (κ2) is 8.88. The van der Waals surface area contributed by atoms with Gasteiger partial charge in [0.25, 0.3) is 0 Å². The fourth-order valence-electron chi connectivity index (χ4n) is 7.18. The van der Waals surface area contributed by atoms with Crippen LogP contribution in [0.4, 0.5) is 10.1 Å². The van der Waals surface area contributed by atoms with E-state index in [-0.39, 0.29) is 24.0 Å². The molecule has 8 heteroatoms. The minimum Gasteiger partial charge on any atom is -0.454 e. The maximum atomic E-state index is 14.7. The lowest BCUT2D eigenvalue weighted by Crippen LogP contribution is -2.49. The number of Topliss-reactive ketones (excluding diaryl/α,β-unsaturated/α-hetero) is 2. The predicted molar refractivity (Wildman–Crippen MR) is 152 cm³/mol. The molecule has 0 radical (unpaired) electrons. The van der Waals surface area contributed by atoms with E-state index in [1.54, 1.807) is 18.2 Å². The molecule has 1 saturated heterocycles. The van der Waals surface area contributed by atoms with Crippen LogP contribution in [0.25, 0.3) is 6.08 Å². The summed E-state index contributed by atoms with van der Waals surface area (Å²) in [4.78, 5) is 45.7. The molecule has 0 aromatic heterocycles. The number of amides is 1. The average molecular weight is 559 g/mol. The van der Waals surface area contributed by atoms with Gasteiger partial charge in [0, 0.05) is 23.0 Å². The Labute approximate surface area is 240 Å². The van der Waals surface area contributed by atoms with Crippen LogP contribution >= 0.6 is 0 Å². The van der Waals surface area contributed by atoms with Crippen molar-refractivity contribution in [1.29, 1.82) is 0 Å². The molecule has 1 amide bonds. The molecule has 0 unspecified atom stereocenters. The van der Waals surface area contributed by atoms with Crippen LogP contribution in [0.2, 0.25) is 0 Å². The number of carbonyl (C=O) groups excluding carboxylic acids is 3. The molecule has 0 aliphatic carbocycles. The molecule has 4 aromatic carbocycles.